The van der Waals surface area contributed by atoms with Crippen molar-refractivity contribution in [2.75, 3.05) is 13.2 Å². The standard InChI is InChI=1S/C12H22O3/c1-7(2)9-5-13-12-10(15-8(3)4)6-14-11(9)12/h7-12H,5-6H2,1-4H3/t9-,10-,11+,12+/m1/s1. The molecule has 0 unspecified atom stereocenters. The molecule has 2 heterocycles. The minimum absolute atomic E-state index is 0.138. The molecule has 0 spiro atoms. The number of fused-ring (bicyclic) bond motifs is 1. The zero-order chi connectivity index (χ0) is 11.0. The van der Waals surface area contributed by atoms with Crippen molar-refractivity contribution in [3.05, 3.63) is 0 Å². The number of rotatable bonds is 3. The lowest BCUT2D eigenvalue weighted by atomic mass is 9.90. The van der Waals surface area contributed by atoms with Crippen LogP contribution >= 0.6 is 0 Å². The summed E-state index contributed by atoms with van der Waals surface area (Å²) in [6.07, 6.45) is 0.811. The molecule has 0 aromatic heterocycles. The summed E-state index contributed by atoms with van der Waals surface area (Å²) >= 11 is 0. The molecule has 0 radical (unpaired) electrons. The molecule has 2 aliphatic rings. The van der Waals surface area contributed by atoms with E-state index in [1.54, 1.807) is 0 Å². The second kappa shape index (κ2) is 4.40. The van der Waals surface area contributed by atoms with Crippen molar-refractivity contribution in [3.63, 3.8) is 0 Å². The van der Waals surface area contributed by atoms with E-state index in [9.17, 15) is 0 Å². The summed E-state index contributed by atoms with van der Waals surface area (Å²) in [5.41, 5.74) is 0. The molecule has 88 valence electrons. The first-order chi connectivity index (χ1) is 7.09. The van der Waals surface area contributed by atoms with Crippen LogP contribution in [0.1, 0.15) is 27.7 Å². The molecule has 2 rings (SSSR count). The van der Waals surface area contributed by atoms with Gasteiger partial charge in [-0.1, -0.05) is 13.8 Å². The Labute approximate surface area is 92.1 Å². The first-order valence-electron chi connectivity index (χ1n) is 5.98. The highest BCUT2D eigenvalue weighted by Crippen LogP contribution is 2.36. The van der Waals surface area contributed by atoms with Gasteiger partial charge in [-0.2, -0.15) is 0 Å². The Bertz CT molecular complexity index is 215. The van der Waals surface area contributed by atoms with Crippen molar-refractivity contribution in [2.24, 2.45) is 11.8 Å². The smallest absolute Gasteiger partial charge is 0.112 e. The first-order valence-corrected chi connectivity index (χ1v) is 5.98. The average molecular weight is 214 g/mol. The van der Waals surface area contributed by atoms with Gasteiger partial charge in [-0.3, -0.25) is 0 Å². The Hall–Kier alpha value is -0.120. The maximum absolute atomic E-state index is 5.81. The Kier molecular flexibility index (Phi) is 3.33. The van der Waals surface area contributed by atoms with Crippen molar-refractivity contribution in [3.8, 4) is 0 Å². The Morgan fingerprint density at radius 1 is 1.00 bits per heavy atom. The molecule has 0 aromatic carbocycles. The van der Waals surface area contributed by atoms with Crippen LogP contribution in [0.25, 0.3) is 0 Å². The van der Waals surface area contributed by atoms with Crippen LogP contribution in [0.3, 0.4) is 0 Å². The molecule has 3 nitrogen and oxygen atoms in total. The molecule has 15 heavy (non-hydrogen) atoms. The summed E-state index contributed by atoms with van der Waals surface area (Å²) in [6.45, 7) is 10.1. The average Bonchev–Trinajstić information content (AvgIpc) is 2.66. The third-order valence-corrected chi connectivity index (χ3v) is 3.35. The van der Waals surface area contributed by atoms with Gasteiger partial charge in [0.25, 0.3) is 0 Å². The molecule has 0 N–H and O–H groups in total. The Morgan fingerprint density at radius 2 is 1.67 bits per heavy atom. The van der Waals surface area contributed by atoms with Crippen LogP contribution in [0, 0.1) is 11.8 Å². The minimum Gasteiger partial charge on any atom is -0.372 e. The lowest BCUT2D eigenvalue weighted by Crippen LogP contribution is -2.33. The topological polar surface area (TPSA) is 27.7 Å². The Balaban J connectivity index is 1.96. The lowest BCUT2D eigenvalue weighted by molar-refractivity contribution is -0.0587. The summed E-state index contributed by atoms with van der Waals surface area (Å²) in [5.74, 6) is 1.16. The molecular formula is C12H22O3. The number of ether oxygens (including phenoxy) is 3. The molecule has 3 heteroatoms. The number of hydrogen-bond acceptors (Lipinski definition) is 3. The first kappa shape index (κ1) is 11.4. The number of hydrogen-bond donors (Lipinski definition) is 0. The highest BCUT2D eigenvalue weighted by atomic mass is 16.6. The van der Waals surface area contributed by atoms with Gasteiger partial charge in [-0.25, -0.2) is 0 Å². The third kappa shape index (κ3) is 2.19. The second-order valence-electron chi connectivity index (χ2n) is 5.23. The van der Waals surface area contributed by atoms with Crippen LogP contribution in [-0.4, -0.2) is 37.6 Å². The summed E-state index contributed by atoms with van der Waals surface area (Å²) in [6, 6.07) is 0. The van der Waals surface area contributed by atoms with E-state index >= 15 is 0 Å². The lowest BCUT2D eigenvalue weighted by Gasteiger charge is -2.20. The molecule has 2 fully saturated rings. The maximum Gasteiger partial charge on any atom is 0.112 e. The normalized spacial score (nSPS) is 40.4. The van der Waals surface area contributed by atoms with Crippen molar-refractivity contribution < 1.29 is 14.2 Å². The summed E-state index contributed by atoms with van der Waals surface area (Å²) in [4.78, 5) is 0. The van der Waals surface area contributed by atoms with Crippen LogP contribution in [-0.2, 0) is 14.2 Å². The van der Waals surface area contributed by atoms with Gasteiger partial charge in [0, 0.05) is 5.92 Å². The molecule has 0 bridgehead atoms. The molecule has 2 aliphatic heterocycles. The minimum atomic E-state index is 0.138. The molecule has 0 saturated carbocycles. The second-order valence-corrected chi connectivity index (χ2v) is 5.23. The zero-order valence-corrected chi connectivity index (χ0v) is 10.1. The summed E-state index contributed by atoms with van der Waals surface area (Å²) < 4.78 is 17.4. The summed E-state index contributed by atoms with van der Waals surface area (Å²) in [5, 5.41) is 0. The third-order valence-electron chi connectivity index (χ3n) is 3.35. The van der Waals surface area contributed by atoms with Crippen molar-refractivity contribution in [1.29, 1.82) is 0 Å². The highest BCUT2D eigenvalue weighted by molar-refractivity contribution is 4.95. The van der Waals surface area contributed by atoms with Crippen LogP contribution in [0.2, 0.25) is 0 Å². The van der Waals surface area contributed by atoms with E-state index < -0.39 is 0 Å². The van der Waals surface area contributed by atoms with Crippen molar-refractivity contribution >= 4 is 0 Å². The molecular weight excluding hydrogens is 192 g/mol. The predicted octanol–water partition coefficient (Wildman–Crippen LogP) is 1.85. The molecule has 0 aliphatic carbocycles. The maximum atomic E-state index is 5.81. The van der Waals surface area contributed by atoms with E-state index in [1.807, 2.05) is 0 Å². The van der Waals surface area contributed by atoms with E-state index in [1.165, 1.54) is 0 Å². The fourth-order valence-corrected chi connectivity index (χ4v) is 2.53. The van der Waals surface area contributed by atoms with E-state index in [0.29, 0.717) is 18.4 Å². The van der Waals surface area contributed by atoms with Gasteiger partial charge in [0.1, 0.15) is 12.2 Å². The van der Waals surface area contributed by atoms with E-state index in [4.69, 9.17) is 14.2 Å². The van der Waals surface area contributed by atoms with Crippen LogP contribution < -0.4 is 0 Å². The monoisotopic (exact) mass is 214 g/mol. The Morgan fingerprint density at radius 3 is 2.27 bits per heavy atom. The van der Waals surface area contributed by atoms with E-state index in [2.05, 4.69) is 27.7 Å². The SMILES string of the molecule is CC(C)O[C@@H]1CO[C@@H]2[C@H]1OC[C@@H]2C(C)C. The fraction of sp³-hybridized carbons (Fsp3) is 1.00. The van der Waals surface area contributed by atoms with Gasteiger partial charge < -0.3 is 14.2 Å². The molecule has 4 atom stereocenters. The zero-order valence-electron chi connectivity index (χ0n) is 10.1. The van der Waals surface area contributed by atoms with Crippen LogP contribution in [0.5, 0.6) is 0 Å². The quantitative estimate of drug-likeness (QED) is 0.717. The van der Waals surface area contributed by atoms with Crippen LogP contribution in [0.4, 0.5) is 0 Å². The van der Waals surface area contributed by atoms with Crippen molar-refractivity contribution in [1.82, 2.24) is 0 Å². The van der Waals surface area contributed by atoms with Gasteiger partial charge in [-0.15, -0.1) is 0 Å². The largest absolute Gasteiger partial charge is 0.372 e. The van der Waals surface area contributed by atoms with Crippen LogP contribution in [0.15, 0.2) is 0 Å². The highest BCUT2D eigenvalue weighted by Gasteiger charge is 2.49. The predicted molar refractivity (Wildman–Crippen MR) is 57.8 cm³/mol. The van der Waals surface area contributed by atoms with Gasteiger partial charge in [0.15, 0.2) is 0 Å². The fourth-order valence-electron chi connectivity index (χ4n) is 2.53. The summed E-state index contributed by atoms with van der Waals surface area (Å²) in [7, 11) is 0. The van der Waals surface area contributed by atoms with E-state index in [0.717, 1.165) is 6.61 Å². The van der Waals surface area contributed by atoms with Crippen molar-refractivity contribution in [2.45, 2.75) is 52.1 Å². The molecule has 0 amide bonds. The van der Waals surface area contributed by atoms with E-state index in [-0.39, 0.29) is 24.4 Å². The van der Waals surface area contributed by atoms with Gasteiger partial charge in [0.05, 0.1) is 25.4 Å². The molecule has 0 aromatic rings. The van der Waals surface area contributed by atoms with Gasteiger partial charge in [-0.05, 0) is 19.8 Å². The van der Waals surface area contributed by atoms with Gasteiger partial charge in [0.2, 0.25) is 0 Å². The van der Waals surface area contributed by atoms with Gasteiger partial charge >= 0.3 is 0 Å². The molecule has 2 saturated heterocycles.